The van der Waals surface area contributed by atoms with Crippen LogP contribution in [0.4, 0.5) is 4.39 Å². The van der Waals surface area contributed by atoms with Crippen molar-refractivity contribution >= 4 is 21.6 Å². The summed E-state index contributed by atoms with van der Waals surface area (Å²) in [4.78, 5) is 7.27. The Kier molecular flexibility index (Phi) is 5.79. The van der Waals surface area contributed by atoms with Gasteiger partial charge in [0.05, 0.1) is 24.0 Å². The number of methoxy groups -OCH3 is 1. The predicted molar refractivity (Wildman–Crippen MR) is 101 cm³/mol. The van der Waals surface area contributed by atoms with Crippen molar-refractivity contribution in [2.75, 3.05) is 13.7 Å². The summed E-state index contributed by atoms with van der Waals surface area (Å²) in [5.41, 5.74) is 1.52. The Morgan fingerprint density at radius 2 is 1.96 bits per heavy atom. The molecule has 9 heteroatoms. The van der Waals surface area contributed by atoms with Gasteiger partial charge in [0.25, 0.3) is 0 Å². The topological polar surface area (TPSA) is 84.1 Å². The van der Waals surface area contributed by atoms with Gasteiger partial charge in [-0.2, -0.15) is 0 Å². The molecule has 0 amide bonds. The van der Waals surface area contributed by atoms with Gasteiger partial charge in [-0.3, -0.25) is 0 Å². The molecular weight excluding hydrogens is 393 g/mol. The molecule has 0 atom stereocenters. The van der Waals surface area contributed by atoms with Crippen molar-refractivity contribution in [3.63, 3.8) is 0 Å². The zero-order chi connectivity index (χ0) is 19.4. The van der Waals surface area contributed by atoms with E-state index in [0.717, 1.165) is 11.3 Å². The lowest BCUT2D eigenvalue weighted by Crippen LogP contribution is -2.26. The number of benzene rings is 2. The minimum absolute atomic E-state index is 0.0463. The molecule has 3 aromatic rings. The van der Waals surface area contributed by atoms with Crippen molar-refractivity contribution in [2.45, 2.75) is 11.3 Å². The van der Waals surface area contributed by atoms with Gasteiger partial charge in [-0.1, -0.05) is 11.6 Å². The molecule has 0 aliphatic rings. The molecule has 2 aromatic carbocycles. The number of halogens is 2. The molecule has 0 spiro atoms. The highest BCUT2D eigenvalue weighted by molar-refractivity contribution is 7.89. The molecule has 2 N–H and O–H groups in total. The molecule has 0 unspecified atom stereocenters. The largest absolute Gasteiger partial charge is 0.497 e. The standard InChI is InChI=1S/C18H17ClFN3O3S/c1-26-14-6-7-15(19)17(10-14)27(24,25)22-9-8-18-21-11-16(23-18)12-2-4-13(20)5-3-12/h2-7,10-11,22H,8-9H2,1H3,(H,21,23). The predicted octanol–water partition coefficient (Wildman–Crippen LogP) is 3.40. The molecule has 142 valence electrons. The van der Waals surface area contributed by atoms with Crippen molar-refractivity contribution in [2.24, 2.45) is 0 Å². The van der Waals surface area contributed by atoms with Crippen LogP contribution in [0.2, 0.25) is 5.02 Å². The summed E-state index contributed by atoms with van der Waals surface area (Å²) in [6.07, 6.45) is 1.97. The maximum Gasteiger partial charge on any atom is 0.242 e. The lowest BCUT2D eigenvalue weighted by molar-refractivity contribution is 0.413. The molecule has 0 saturated heterocycles. The fourth-order valence-electron chi connectivity index (χ4n) is 2.46. The van der Waals surface area contributed by atoms with Gasteiger partial charge in [-0.15, -0.1) is 0 Å². The summed E-state index contributed by atoms with van der Waals surface area (Å²) in [6, 6.07) is 10.4. The van der Waals surface area contributed by atoms with Crippen molar-refractivity contribution < 1.29 is 17.5 Å². The van der Waals surface area contributed by atoms with Gasteiger partial charge in [0.2, 0.25) is 10.0 Å². The van der Waals surface area contributed by atoms with E-state index in [9.17, 15) is 12.8 Å². The fraction of sp³-hybridized carbons (Fsp3) is 0.167. The molecule has 0 aliphatic heterocycles. The van der Waals surface area contributed by atoms with E-state index in [-0.39, 0.29) is 22.3 Å². The zero-order valence-electron chi connectivity index (χ0n) is 14.4. The van der Waals surface area contributed by atoms with Crippen LogP contribution in [0.5, 0.6) is 5.75 Å². The minimum atomic E-state index is -3.79. The second-order valence-corrected chi connectivity index (χ2v) is 7.84. The molecule has 0 aliphatic carbocycles. The van der Waals surface area contributed by atoms with E-state index in [2.05, 4.69) is 14.7 Å². The Labute approximate surface area is 161 Å². The molecule has 0 fully saturated rings. The molecule has 1 aromatic heterocycles. The Bertz CT molecular complexity index is 1040. The maximum atomic E-state index is 13.0. The Hall–Kier alpha value is -2.42. The average molecular weight is 410 g/mol. The van der Waals surface area contributed by atoms with Gasteiger partial charge in [0, 0.05) is 19.0 Å². The summed E-state index contributed by atoms with van der Waals surface area (Å²) in [6.45, 7) is 0.131. The van der Waals surface area contributed by atoms with E-state index < -0.39 is 10.0 Å². The van der Waals surface area contributed by atoms with Gasteiger partial charge in [0.1, 0.15) is 22.3 Å². The number of nitrogens with zero attached hydrogens (tertiary/aromatic N) is 1. The number of ether oxygens (including phenoxy) is 1. The molecule has 3 rings (SSSR count). The molecule has 0 bridgehead atoms. The third kappa shape index (κ3) is 4.65. The third-order valence-electron chi connectivity index (χ3n) is 3.87. The SMILES string of the molecule is COc1ccc(Cl)c(S(=O)(=O)NCCc2ncc(-c3ccc(F)cc3)[nH]2)c1. The Balaban J connectivity index is 1.65. The Morgan fingerprint density at radius 3 is 2.67 bits per heavy atom. The smallest absolute Gasteiger partial charge is 0.242 e. The second-order valence-electron chi connectivity index (χ2n) is 5.69. The molecule has 27 heavy (non-hydrogen) atoms. The van der Waals surface area contributed by atoms with E-state index in [1.807, 2.05) is 0 Å². The van der Waals surface area contributed by atoms with E-state index in [4.69, 9.17) is 16.3 Å². The van der Waals surface area contributed by atoms with Crippen LogP contribution >= 0.6 is 11.6 Å². The van der Waals surface area contributed by atoms with Gasteiger partial charge >= 0.3 is 0 Å². The molecular formula is C18H17ClFN3O3S. The van der Waals surface area contributed by atoms with E-state index >= 15 is 0 Å². The number of H-pyrrole nitrogens is 1. The highest BCUT2D eigenvalue weighted by atomic mass is 35.5. The van der Waals surface area contributed by atoms with Crippen LogP contribution < -0.4 is 9.46 Å². The summed E-state index contributed by atoms with van der Waals surface area (Å²) in [7, 11) is -2.34. The van der Waals surface area contributed by atoms with E-state index in [1.165, 1.54) is 31.4 Å². The van der Waals surface area contributed by atoms with Gasteiger partial charge in [-0.05, 0) is 42.0 Å². The first-order valence-electron chi connectivity index (χ1n) is 8.02. The number of hydrogen-bond acceptors (Lipinski definition) is 4. The quantitative estimate of drug-likeness (QED) is 0.626. The molecule has 0 radical (unpaired) electrons. The molecule has 6 nitrogen and oxygen atoms in total. The minimum Gasteiger partial charge on any atom is -0.497 e. The summed E-state index contributed by atoms with van der Waals surface area (Å²) in [5.74, 6) is 0.688. The van der Waals surface area contributed by atoms with E-state index in [1.54, 1.807) is 24.4 Å². The van der Waals surface area contributed by atoms with Crippen LogP contribution in [-0.4, -0.2) is 32.0 Å². The van der Waals surface area contributed by atoms with Crippen LogP contribution in [-0.2, 0) is 16.4 Å². The first kappa shape index (κ1) is 19.3. The summed E-state index contributed by atoms with van der Waals surface area (Å²) >= 11 is 6.00. The van der Waals surface area contributed by atoms with Crippen LogP contribution in [0.15, 0.2) is 53.6 Å². The number of aromatic nitrogens is 2. The average Bonchev–Trinajstić information content (AvgIpc) is 3.11. The number of nitrogens with one attached hydrogen (secondary N) is 2. The van der Waals surface area contributed by atoms with Gasteiger partial charge in [0.15, 0.2) is 0 Å². The fourth-order valence-corrected chi connectivity index (χ4v) is 4.01. The van der Waals surface area contributed by atoms with E-state index in [0.29, 0.717) is 18.0 Å². The van der Waals surface area contributed by atoms with Crippen LogP contribution in [0.1, 0.15) is 5.82 Å². The second kappa shape index (κ2) is 8.08. The number of hydrogen-bond donors (Lipinski definition) is 2. The van der Waals surface area contributed by atoms with Crippen molar-refractivity contribution in [3.05, 3.63) is 65.3 Å². The summed E-state index contributed by atoms with van der Waals surface area (Å²) < 4.78 is 45.4. The van der Waals surface area contributed by atoms with Gasteiger partial charge < -0.3 is 9.72 Å². The van der Waals surface area contributed by atoms with Crippen LogP contribution in [0, 0.1) is 5.82 Å². The maximum absolute atomic E-state index is 13.0. The van der Waals surface area contributed by atoms with Crippen LogP contribution in [0.25, 0.3) is 11.3 Å². The van der Waals surface area contributed by atoms with Crippen LogP contribution in [0.3, 0.4) is 0 Å². The zero-order valence-corrected chi connectivity index (χ0v) is 15.9. The van der Waals surface area contributed by atoms with Crippen molar-refractivity contribution in [1.82, 2.24) is 14.7 Å². The number of rotatable bonds is 7. The normalized spacial score (nSPS) is 11.5. The Morgan fingerprint density at radius 1 is 1.22 bits per heavy atom. The van der Waals surface area contributed by atoms with Crippen molar-refractivity contribution in [1.29, 1.82) is 0 Å². The lowest BCUT2D eigenvalue weighted by atomic mass is 10.2. The number of aromatic amines is 1. The monoisotopic (exact) mass is 409 g/mol. The highest BCUT2D eigenvalue weighted by Crippen LogP contribution is 2.26. The van der Waals surface area contributed by atoms with Gasteiger partial charge in [-0.25, -0.2) is 22.5 Å². The number of sulfonamides is 1. The third-order valence-corrected chi connectivity index (χ3v) is 5.81. The first-order chi connectivity index (χ1) is 12.9. The van der Waals surface area contributed by atoms with Crippen molar-refractivity contribution in [3.8, 4) is 17.0 Å². The first-order valence-corrected chi connectivity index (χ1v) is 9.88. The number of imidazole rings is 1. The molecule has 0 saturated carbocycles. The lowest BCUT2D eigenvalue weighted by Gasteiger charge is -2.09. The highest BCUT2D eigenvalue weighted by Gasteiger charge is 2.18. The summed E-state index contributed by atoms with van der Waals surface area (Å²) in [5, 5.41) is 0.111. The molecule has 1 heterocycles.